The summed E-state index contributed by atoms with van der Waals surface area (Å²) in [5.41, 5.74) is 0.593. The highest BCUT2D eigenvalue weighted by atomic mass is 32.2. The van der Waals surface area contributed by atoms with Crippen LogP contribution in [0.1, 0.15) is 19.4 Å². The quantitative estimate of drug-likeness (QED) is 0.788. The second-order valence-electron chi connectivity index (χ2n) is 3.58. The summed E-state index contributed by atoms with van der Waals surface area (Å²) in [6.45, 7) is 3.05. The zero-order valence-electron chi connectivity index (χ0n) is 9.27. The zero-order valence-corrected chi connectivity index (χ0v) is 10.1. The van der Waals surface area contributed by atoms with Gasteiger partial charge >= 0.3 is 0 Å². The lowest BCUT2D eigenvalue weighted by Gasteiger charge is -2.07. The van der Waals surface area contributed by atoms with E-state index in [1.165, 1.54) is 6.07 Å². The third kappa shape index (κ3) is 2.84. The van der Waals surface area contributed by atoms with Crippen LogP contribution >= 0.6 is 0 Å². The van der Waals surface area contributed by atoms with Gasteiger partial charge in [-0.2, -0.15) is 0 Å². The topological polar surface area (TPSA) is 54.4 Å². The van der Waals surface area contributed by atoms with Gasteiger partial charge in [-0.25, -0.2) is 8.42 Å². The van der Waals surface area contributed by atoms with E-state index in [1.54, 1.807) is 32.0 Å². The third-order valence-electron chi connectivity index (χ3n) is 2.09. The number of aliphatic hydroxyl groups is 1. The number of rotatable bonds is 2. The van der Waals surface area contributed by atoms with Crippen LogP contribution in [0, 0.1) is 11.8 Å². The van der Waals surface area contributed by atoms with Crippen LogP contribution < -0.4 is 0 Å². The molecular weight excluding hydrogens is 224 g/mol. The average molecular weight is 238 g/mol. The van der Waals surface area contributed by atoms with E-state index in [0.717, 1.165) is 0 Å². The summed E-state index contributed by atoms with van der Waals surface area (Å²) in [5, 5.41) is 8.10. The highest BCUT2D eigenvalue weighted by Gasteiger charge is 2.18. The predicted octanol–water partition coefficient (Wildman–Crippen LogP) is 1.21. The molecule has 1 N–H and O–H groups in total. The second kappa shape index (κ2) is 5.15. The number of hydrogen-bond donors (Lipinski definition) is 1. The molecule has 0 saturated carbocycles. The lowest BCUT2D eigenvalue weighted by molar-refractivity contribution is 0.350. The Hall–Kier alpha value is -1.31. The van der Waals surface area contributed by atoms with Crippen LogP contribution in [0.2, 0.25) is 0 Å². The Balaban J connectivity index is 3.18. The molecule has 1 aromatic carbocycles. The van der Waals surface area contributed by atoms with Crippen molar-refractivity contribution in [1.82, 2.24) is 0 Å². The first-order valence-electron chi connectivity index (χ1n) is 4.92. The Kier molecular flexibility index (Phi) is 4.11. The van der Waals surface area contributed by atoms with Crippen molar-refractivity contribution in [1.29, 1.82) is 0 Å². The maximum atomic E-state index is 11.9. The standard InChI is InChI=1S/C12H14O3S/c1-10(2)16(14,15)12-7-3-5-11(9-12)6-4-8-13/h3,5,7,9-10,13H,8H2,1-2H3. The van der Waals surface area contributed by atoms with E-state index in [9.17, 15) is 8.42 Å². The Morgan fingerprint density at radius 3 is 2.62 bits per heavy atom. The molecule has 86 valence electrons. The van der Waals surface area contributed by atoms with E-state index >= 15 is 0 Å². The van der Waals surface area contributed by atoms with Gasteiger partial charge in [0.2, 0.25) is 0 Å². The van der Waals surface area contributed by atoms with Gasteiger partial charge in [0.15, 0.2) is 9.84 Å². The highest BCUT2D eigenvalue weighted by molar-refractivity contribution is 7.92. The molecule has 0 aliphatic rings. The first-order valence-corrected chi connectivity index (χ1v) is 6.47. The Morgan fingerprint density at radius 2 is 2.06 bits per heavy atom. The van der Waals surface area contributed by atoms with Crippen molar-refractivity contribution < 1.29 is 13.5 Å². The van der Waals surface area contributed by atoms with Crippen molar-refractivity contribution in [2.75, 3.05) is 6.61 Å². The molecule has 0 fully saturated rings. The van der Waals surface area contributed by atoms with Gasteiger partial charge in [0, 0.05) is 5.56 Å². The summed E-state index contributed by atoms with van der Waals surface area (Å²) in [6, 6.07) is 6.44. The molecule has 0 aliphatic carbocycles. The molecule has 0 atom stereocenters. The van der Waals surface area contributed by atoms with Crippen molar-refractivity contribution in [2.45, 2.75) is 24.0 Å². The van der Waals surface area contributed by atoms with E-state index in [0.29, 0.717) is 5.56 Å². The molecule has 1 rings (SSSR count). The maximum absolute atomic E-state index is 11.9. The third-order valence-corrected chi connectivity index (χ3v) is 4.25. The average Bonchev–Trinajstić information content (AvgIpc) is 2.26. The van der Waals surface area contributed by atoms with Crippen molar-refractivity contribution in [2.24, 2.45) is 0 Å². The van der Waals surface area contributed by atoms with Gasteiger partial charge in [-0.3, -0.25) is 0 Å². The minimum absolute atomic E-state index is 0.235. The monoisotopic (exact) mass is 238 g/mol. The fraction of sp³-hybridized carbons (Fsp3) is 0.333. The summed E-state index contributed by atoms with van der Waals surface area (Å²) in [4.78, 5) is 0.271. The first-order chi connectivity index (χ1) is 7.48. The van der Waals surface area contributed by atoms with E-state index in [-0.39, 0.29) is 11.5 Å². The Morgan fingerprint density at radius 1 is 1.38 bits per heavy atom. The van der Waals surface area contributed by atoms with E-state index in [1.807, 2.05) is 0 Å². The molecule has 0 aromatic heterocycles. The van der Waals surface area contributed by atoms with Crippen molar-refractivity contribution in [3.8, 4) is 11.8 Å². The molecule has 0 radical (unpaired) electrons. The summed E-state index contributed by atoms with van der Waals surface area (Å²) in [6.07, 6.45) is 0. The number of sulfone groups is 1. The van der Waals surface area contributed by atoms with Gasteiger partial charge in [-0.15, -0.1) is 0 Å². The van der Waals surface area contributed by atoms with E-state index in [2.05, 4.69) is 11.8 Å². The SMILES string of the molecule is CC(C)S(=O)(=O)c1cccc(C#CCO)c1. The second-order valence-corrected chi connectivity index (χ2v) is 6.09. The fourth-order valence-electron chi connectivity index (χ4n) is 1.16. The van der Waals surface area contributed by atoms with Crippen molar-refractivity contribution >= 4 is 9.84 Å². The molecule has 1 aromatic rings. The molecule has 0 unspecified atom stereocenters. The van der Waals surface area contributed by atoms with Crippen LogP contribution in [0.4, 0.5) is 0 Å². The molecular formula is C12H14O3S. The van der Waals surface area contributed by atoms with Crippen LogP contribution in [0.25, 0.3) is 0 Å². The molecule has 0 aliphatic heterocycles. The number of hydrogen-bond acceptors (Lipinski definition) is 3. The minimum atomic E-state index is -3.25. The number of benzene rings is 1. The minimum Gasteiger partial charge on any atom is -0.384 e. The van der Waals surface area contributed by atoms with Crippen LogP contribution in [-0.4, -0.2) is 25.4 Å². The van der Waals surface area contributed by atoms with E-state index < -0.39 is 15.1 Å². The zero-order chi connectivity index (χ0) is 12.2. The molecule has 0 spiro atoms. The van der Waals surface area contributed by atoms with Crippen LogP contribution in [0.3, 0.4) is 0 Å². The van der Waals surface area contributed by atoms with Gasteiger partial charge in [0.25, 0.3) is 0 Å². The van der Waals surface area contributed by atoms with Gasteiger partial charge in [0.05, 0.1) is 10.1 Å². The highest BCUT2D eigenvalue weighted by Crippen LogP contribution is 2.16. The van der Waals surface area contributed by atoms with Crippen molar-refractivity contribution in [3.05, 3.63) is 29.8 Å². The molecule has 3 nitrogen and oxygen atoms in total. The summed E-state index contributed by atoms with van der Waals surface area (Å²) in [5.74, 6) is 5.16. The summed E-state index contributed by atoms with van der Waals surface area (Å²) in [7, 11) is -3.25. The molecule has 0 heterocycles. The smallest absolute Gasteiger partial charge is 0.180 e. The van der Waals surface area contributed by atoms with Crippen LogP contribution in [-0.2, 0) is 9.84 Å². The molecule has 4 heteroatoms. The van der Waals surface area contributed by atoms with Gasteiger partial charge in [-0.1, -0.05) is 17.9 Å². The molecule has 0 amide bonds. The normalized spacial score (nSPS) is 11.0. The predicted molar refractivity (Wildman–Crippen MR) is 62.7 cm³/mol. The molecule has 0 bridgehead atoms. The first kappa shape index (κ1) is 12.8. The van der Waals surface area contributed by atoms with Crippen LogP contribution in [0.5, 0.6) is 0 Å². The lowest BCUT2D eigenvalue weighted by atomic mass is 10.2. The maximum Gasteiger partial charge on any atom is 0.180 e. The van der Waals surface area contributed by atoms with E-state index in [4.69, 9.17) is 5.11 Å². The largest absolute Gasteiger partial charge is 0.384 e. The molecule has 16 heavy (non-hydrogen) atoms. The summed E-state index contributed by atoms with van der Waals surface area (Å²) >= 11 is 0. The van der Waals surface area contributed by atoms with Gasteiger partial charge in [0.1, 0.15) is 6.61 Å². The summed E-state index contributed by atoms with van der Waals surface area (Å²) < 4.78 is 23.7. The Bertz CT molecular complexity index is 519. The van der Waals surface area contributed by atoms with Gasteiger partial charge < -0.3 is 5.11 Å². The number of aliphatic hydroxyl groups excluding tert-OH is 1. The van der Waals surface area contributed by atoms with Crippen molar-refractivity contribution in [3.63, 3.8) is 0 Å². The lowest BCUT2D eigenvalue weighted by Crippen LogP contribution is -2.13. The van der Waals surface area contributed by atoms with Gasteiger partial charge in [-0.05, 0) is 32.0 Å². The Labute approximate surface area is 96.0 Å². The van der Waals surface area contributed by atoms with Crippen LogP contribution in [0.15, 0.2) is 29.2 Å². The fourth-order valence-corrected chi connectivity index (χ4v) is 2.27. The molecule has 0 saturated heterocycles.